The third kappa shape index (κ3) is 3.59. The molecule has 2 aromatic rings. The van der Waals surface area contributed by atoms with Gasteiger partial charge in [-0.15, -0.1) is 0 Å². The fourth-order valence-electron chi connectivity index (χ4n) is 1.89. The lowest BCUT2D eigenvalue weighted by Gasteiger charge is -2.20. The highest BCUT2D eigenvalue weighted by atomic mass is 16.5. The number of hydrogen-bond acceptors (Lipinski definition) is 5. The van der Waals surface area contributed by atoms with Gasteiger partial charge in [-0.2, -0.15) is 0 Å². The fourth-order valence-corrected chi connectivity index (χ4v) is 1.89. The van der Waals surface area contributed by atoms with Crippen molar-refractivity contribution in [2.24, 2.45) is 5.73 Å². The van der Waals surface area contributed by atoms with Gasteiger partial charge in [0.15, 0.2) is 0 Å². The third-order valence-electron chi connectivity index (χ3n) is 2.89. The Morgan fingerprint density at radius 3 is 2.62 bits per heavy atom. The van der Waals surface area contributed by atoms with E-state index in [1.54, 1.807) is 31.2 Å². The van der Waals surface area contributed by atoms with Crippen LogP contribution in [-0.4, -0.2) is 28.4 Å². The molecular formula is C14H16N4O3. The zero-order chi connectivity index (χ0) is 15.4. The number of anilines is 1. The predicted molar refractivity (Wildman–Crippen MR) is 76.0 cm³/mol. The Hall–Kier alpha value is -2.83. The Morgan fingerprint density at radius 1 is 1.33 bits per heavy atom. The summed E-state index contributed by atoms with van der Waals surface area (Å²) in [4.78, 5) is 24.8. The van der Waals surface area contributed by atoms with Crippen molar-refractivity contribution >= 4 is 17.5 Å². The molecular weight excluding hydrogens is 272 g/mol. The largest absolute Gasteiger partial charge is 0.398 e. The topological polar surface area (TPSA) is 115 Å². The standard InChI is InChI=1S/C14H16N4O3/c1-9-6-12(21-17-9)14(20)18(8-13(16)19)7-10-4-2-3-5-11(10)15/h2-6H,7-8,15H2,1H3,(H2,16,19). The number of nitrogen functional groups attached to an aromatic ring is 1. The van der Waals surface area contributed by atoms with Gasteiger partial charge < -0.3 is 20.9 Å². The van der Waals surface area contributed by atoms with E-state index in [1.807, 2.05) is 0 Å². The first-order chi connectivity index (χ1) is 9.97. The molecule has 21 heavy (non-hydrogen) atoms. The highest BCUT2D eigenvalue weighted by molar-refractivity contribution is 5.94. The molecule has 7 heteroatoms. The van der Waals surface area contributed by atoms with E-state index >= 15 is 0 Å². The molecule has 0 saturated carbocycles. The van der Waals surface area contributed by atoms with Crippen LogP contribution in [-0.2, 0) is 11.3 Å². The van der Waals surface area contributed by atoms with E-state index in [0.29, 0.717) is 11.4 Å². The summed E-state index contributed by atoms with van der Waals surface area (Å²) in [7, 11) is 0. The van der Waals surface area contributed by atoms with Crippen molar-refractivity contribution in [1.82, 2.24) is 10.1 Å². The lowest BCUT2D eigenvalue weighted by molar-refractivity contribution is -0.118. The number of nitrogens with zero attached hydrogens (tertiary/aromatic N) is 2. The van der Waals surface area contributed by atoms with Crippen LogP contribution in [0.15, 0.2) is 34.9 Å². The van der Waals surface area contributed by atoms with Gasteiger partial charge in [-0.25, -0.2) is 0 Å². The number of primary amides is 1. The molecule has 0 aliphatic carbocycles. The number of amides is 2. The minimum Gasteiger partial charge on any atom is -0.398 e. The van der Waals surface area contributed by atoms with E-state index in [1.165, 1.54) is 11.0 Å². The van der Waals surface area contributed by atoms with Crippen LogP contribution in [0.3, 0.4) is 0 Å². The molecule has 0 spiro atoms. The van der Waals surface area contributed by atoms with Crippen LogP contribution in [0, 0.1) is 6.92 Å². The minimum absolute atomic E-state index is 0.0586. The molecule has 0 saturated heterocycles. The molecule has 1 aromatic carbocycles. The first-order valence-corrected chi connectivity index (χ1v) is 6.31. The van der Waals surface area contributed by atoms with Crippen LogP contribution in [0.1, 0.15) is 21.8 Å². The van der Waals surface area contributed by atoms with E-state index in [4.69, 9.17) is 16.0 Å². The zero-order valence-corrected chi connectivity index (χ0v) is 11.6. The van der Waals surface area contributed by atoms with Gasteiger partial charge in [0.25, 0.3) is 5.91 Å². The lowest BCUT2D eigenvalue weighted by atomic mass is 10.1. The van der Waals surface area contributed by atoms with E-state index < -0.39 is 11.8 Å². The van der Waals surface area contributed by atoms with E-state index in [0.717, 1.165) is 5.56 Å². The van der Waals surface area contributed by atoms with Crippen LogP contribution >= 0.6 is 0 Å². The molecule has 7 nitrogen and oxygen atoms in total. The van der Waals surface area contributed by atoms with Crippen LogP contribution in [0.25, 0.3) is 0 Å². The van der Waals surface area contributed by atoms with Gasteiger partial charge in [-0.1, -0.05) is 23.4 Å². The molecule has 1 aromatic heterocycles. The molecule has 1 heterocycles. The molecule has 4 N–H and O–H groups in total. The van der Waals surface area contributed by atoms with Crippen LogP contribution < -0.4 is 11.5 Å². The normalized spacial score (nSPS) is 10.3. The molecule has 0 bridgehead atoms. The molecule has 0 atom stereocenters. The minimum atomic E-state index is -0.617. The van der Waals surface area contributed by atoms with Crippen molar-refractivity contribution in [2.75, 3.05) is 12.3 Å². The molecule has 0 unspecified atom stereocenters. The number of nitrogens with two attached hydrogens (primary N) is 2. The summed E-state index contributed by atoms with van der Waals surface area (Å²) in [5.74, 6) is -1.02. The first kappa shape index (κ1) is 14.6. The van der Waals surface area contributed by atoms with Gasteiger partial charge in [-0.05, 0) is 18.6 Å². The predicted octanol–water partition coefficient (Wildman–Crippen LogP) is 0.693. The van der Waals surface area contributed by atoms with Gasteiger partial charge in [0.2, 0.25) is 11.7 Å². The fraction of sp³-hybridized carbons (Fsp3) is 0.214. The Kier molecular flexibility index (Phi) is 4.22. The smallest absolute Gasteiger partial charge is 0.293 e. The maximum absolute atomic E-state index is 12.4. The first-order valence-electron chi connectivity index (χ1n) is 6.31. The van der Waals surface area contributed by atoms with Crippen molar-refractivity contribution in [3.05, 3.63) is 47.3 Å². The van der Waals surface area contributed by atoms with E-state index in [2.05, 4.69) is 5.16 Å². The summed E-state index contributed by atoms with van der Waals surface area (Å²) >= 11 is 0. The van der Waals surface area contributed by atoms with Crippen LogP contribution in [0.5, 0.6) is 0 Å². The Labute approximate surface area is 121 Å². The number of carbonyl (C=O) groups is 2. The van der Waals surface area contributed by atoms with Gasteiger partial charge in [0.1, 0.15) is 6.54 Å². The highest BCUT2D eigenvalue weighted by Gasteiger charge is 2.22. The molecule has 2 amide bonds. The molecule has 0 radical (unpaired) electrons. The van der Waals surface area contributed by atoms with Crippen molar-refractivity contribution < 1.29 is 14.1 Å². The van der Waals surface area contributed by atoms with E-state index in [9.17, 15) is 9.59 Å². The van der Waals surface area contributed by atoms with E-state index in [-0.39, 0.29) is 18.8 Å². The maximum Gasteiger partial charge on any atom is 0.293 e. The molecule has 2 rings (SSSR count). The molecule has 0 aliphatic heterocycles. The summed E-state index contributed by atoms with van der Waals surface area (Å²) in [6.45, 7) is 1.63. The molecule has 0 fully saturated rings. The Balaban J connectivity index is 2.24. The summed E-state index contributed by atoms with van der Waals surface area (Å²) in [5.41, 5.74) is 12.9. The average molecular weight is 288 g/mol. The Bertz CT molecular complexity index is 666. The number of benzene rings is 1. The summed E-state index contributed by atoms with van der Waals surface area (Å²) < 4.78 is 4.93. The van der Waals surface area contributed by atoms with Gasteiger partial charge in [0, 0.05) is 18.3 Å². The number of rotatable bonds is 5. The van der Waals surface area contributed by atoms with Gasteiger partial charge in [0.05, 0.1) is 5.69 Å². The van der Waals surface area contributed by atoms with Gasteiger partial charge >= 0.3 is 0 Å². The number of para-hydroxylation sites is 1. The van der Waals surface area contributed by atoms with Crippen molar-refractivity contribution in [3.63, 3.8) is 0 Å². The zero-order valence-electron chi connectivity index (χ0n) is 11.6. The number of hydrogen-bond donors (Lipinski definition) is 2. The quantitative estimate of drug-likeness (QED) is 0.785. The van der Waals surface area contributed by atoms with Crippen molar-refractivity contribution in [1.29, 1.82) is 0 Å². The summed E-state index contributed by atoms with van der Waals surface area (Å²) in [6.07, 6.45) is 0. The highest BCUT2D eigenvalue weighted by Crippen LogP contribution is 2.15. The molecule has 0 aliphatic rings. The van der Waals surface area contributed by atoms with Crippen molar-refractivity contribution in [2.45, 2.75) is 13.5 Å². The lowest BCUT2D eigenvalue weighted by Crippen LogP contribution is -2.38. The Morgan fingerprint density at radius 2 is 2.05 bits per heavy atom. The number of aromatic nitrogens is 1. The third-order valence-corrected chi connectivity index (χ3v) is 2.89. The molecule has 110 valence electrons. The number of carbonyl (C=O) groups excluding carboxylic acids is 2. The van der Waals surface area contributed by atoms with Crippen LogP contribution in [0.2, 0.25) is 0 Å². The monoisotopic (exact) mass is 288 g/mol. The maximum atomic E-state index is 12.4. The number of aryl methyl sites for hydroxylation is 1. The second-order valence-electron chi connectivity index (χ2n) is 4.66. The summed E-state index contributed by atoms with van der Waals surface area (Å²) in [6, 6.07) is 8.60. The van der Waals surface area contributed by atoms with Gasteiger partial charge in [-0.3, -0.25) is 9.59 Å². The average Bonchev–Trinajstić information content (AvgIpc) is 2.86. The second-order valence-corrected chi connectivity index (χ2v) is 4.66. The summed E-state index contributed by atoms with van der Waals surface area (Å²) in [5, 5.41) is 3.66. The van der Waals surface area contributed by atoms with Crippen molar-refractivity contribution in [3.8, 4) is 0 Å². The SMILES string of the molecule is Cc1cc(C(=O)N(CC(N)=O)Cc2ccccc2N)on1. The van der Waals surface area contributed by atoms with Crippen LogP contribution in [0.4, 0.5) is 5.69 Å². The second kappa shape index (κ2) is 6.08.